The van der Waals surface area contributed by atoms with Crippen molar-refractivity contribution < 1.29 is 4.74 Å². The van der Waals surface area contributed by atoms with Crippen molar-refractivity contribution in [3.05, 3.63) is 46.1 Å². The highest BCUT2D eigenvalue weighted by molar-refractivity contribution is 5.51. The molecule has 3 aliphatic carbocycles. The van der Waals surface area contributed by atoms with Crippen LogP contribution in [0.5, 0.6) is 5.75 Å². The van der Waals surface area contributed by atoms with Gasteiger partial charge in [-0.15, -0.1) is 4.91 Å². The van der Waals surface area contributed by atoms with Gasteiger partial charge in [0.2, 0.25) is 0 Å². The van der Waals surface area contributed by atoms with Gasteiger partial charge in [0.25, 0.3) is 0 Å². The predicted octanol–water partition coefficient (Wildman–Crippen LogP) is 4.38. The zero-order valence-electron chi connectivity index (χ0n) is 14.9. The van der Waals surface area contributed by atoms with Gasteiger partial charge in [-0.25, -0.2) is 0 Å². The summed E-state index contributed by atoms with van der Waals surface area (Å²) in [5.74, 6) is 2.22. The summed E-state index contributed by atoms with van der Waals surface area (Å²) >= 11 is 0. The number of rotatable bonds is 4. The van der Waals surface area contributed by atoms with Gasteiger partial charge in [-0.05, 0) is 72.4 Å². The van der Waals surface area contributed by atoms with Gasteiger partial charge < -0.3 is 9.64 Å². The molecule has 3 atom stereocenters. The molecule has 0 radical (unpaired) electrons. The Hall–Kier alpha value is -1.84. The average Bonchev–Trinajstić information content (AvgIpc) is 3.47. The molecule has 0 saturated heterocycles. The molecule has 5 rings (SSSR count). The maximum absolute atomic E-state index is 11.9. The van der Waals surface area contributed by atoms with Crippen LogP contribution in [0.15, 0.2) is 35.3 Å². The van der Waals surface area contributed by atoms with Crippen molar-refractivity contribution in [2.75, 3.05) is 13.7 Å². The lowest BCUT2D eigenvalue weighted by atomic mass is 9.53. The van der Waals surface area contributed by atoms with Crippen molar-refractivity contribution in [3.63, 3.8) is 0 Å². The first-order valence-electron chi connectivity index (χ1n) is 9.75. The smallest absolute Gasteiger partial charge is 0.119 e. The molecule has 1 heterocycles. The van der Waals surface area contributed by atoms with Gasteiger partial charge in [-0.1, -0.05) is 18.9 Å². The Labute approximate surface area is 149 Å². The third-order valence-electron chi connectivity index (χ3n) is 7.10. The van der Waals surface area contributed by atoms with Crippen molar-refractivity contribution in [2.24, 2.45) is 17.0 Å². The van der Waals surface area contributed by atoms with Gasteiger partial charge in [0.1, 0.15) is 11.4 Å². The fourth-order valence-corrected chi connectivity index (χ4v) is 5.76. The van der Waals surface area contributed by atoms with Crippen LogP contribution in [0.25, 0.3) is 0 Å². The number of methoxy groups -OCH3 is 1. The number of allylic oxidation sites excluding steroid dienone is 1. The summed E-state index contributed by atoms with van der Waals surface area (Å²) in [5.41, 5.74) is 3.28. The minimum atomic E-state index is -0.188. The maximum atomic E-state index is 11.9. The Kier molecular flexibility index (Phi) is 3.44. The van der Waals surface area contributed by atoms with Gasteiger partial charge in [0.15, 0.2) is 0 Å². The largest absolute Gasteiger partial charge is 0.497 e. The molecule has 3 unspecified atom stereocenters. The molecule has 25 heavy (non-hydrogen) atoms. The number of nitrogens with zero attached hydrogens (tertiary/aromatic N) is 2. The maximum Gasteiger partial charge on any atom is 0.119 e. The van der Waals surface area contributed by atoms with E-state index in [1.807, 2.05) is 0 Å². The van der Waals surface area contributed by atoms with Gasteiger partial charge in [0.05, 0.1) is 7.11 Å². The summed E-state index contributed by atoms with van der Waals surface area (Å²) in [7, 11) is 1.72. The van der Waals surface area contributed by atoms with Gasteiger partial charge in [-0.2, -0.15) is 0 Å². The Bertz CT molecular complexity index is 739. The normalized spacial score (nSPS) is 33.2. The van der Waals surface area contributed by atoms with Gasteiger partial charge in [0, 0.05) is 24.2 Å². The number of ether oxygens (including phenoxy) is 1. The van der Waals surface area contributed by atoms with E-state index in [9.17, 15) is 4.91 Å². The number of benzene rings is 1. The monoisotopic (exact) mass is 338 g/mol. The van der Waals surface area contributed by atoms with Crippen LogP contribution in [0.2, 0.25) is 0 Å². The lowest BCUT2D eigenvalue weighted by Gasteiger charge is -2.57. The molecule has 1 aromatic carbocycles. The summed E-state index contributed by atoms with van der Waals surface area (Å²) < 4.78 is 5.51. The van der Waals surface area contributed by atoms with Crippen LogP contribution >= 0.6 is 0 Å². The van der Waals surface area contributed by atoms with E-state index in [4.69, 9.17) is 4.74 Å². The Morgan fingerprint density at radius 1 is 1.28 bits per heavy atom. The molecule has 0 aromatic heterocycles. The fourth-order valence-electron chi connectivity index (χ4n) is 5.76. The highest BCUT2D eigenvalue weighted by Gasteiger charge is 2.56. The van der Waals surface area contributed by atoms with Crippen LogP contribution in [0, 0.1) is 16.7 Å². The lowest BCUT2D eigenvalue weighted by Crippen LogP contribution is -2.58. The van der Waals surface area contributed by atoms with E-state index in [0.717, 1.165) is 36.8 Å². The first-order chi connectivity index (χ1) is 12.3. The second-order valence-corrected chi connectivity index (χ2v) is 8.36. The Morgan fingerprint density at radius 3 is 2.92 bits per heavy atom. The van der Waals surface area contributed by atoms with E-state index in [1.54, 1.807) is 7.11 Å². The summed E-state index contributed by atoms with van der Waals surface area (Å²) in [6.45, 7) is 1.10. The molecule has 4 heteroatoms. The zero-order chi connectivity index (χ0) is 17.0. The van der Waals surface area contributed by atoms with Crippen molar-refractivity contribution in [3.8, 4) is 5.75 Å². The molecule has 1 aromatic rings. The molecular weight excluding hydrogens is 312 g/mol. The van der Waals surface area contributed by atoms with Gasteiger partial charge >= 0.3 is 0 Å². The lowest BCUT2D eigenvalue weighted by molar-refractivity contribution is 0.0632. The zero-order valence-corrected chi connectivity index (χ0v) is 14.9. The molecule has 0 amide bonds. The van der Waals surface area contributed by atoms with Crippen LogP contribution in [-0.2, 0) is 11.8 Å². The molecule has 0 spiro atoms. The molecule has 132 valence electrons. The molecule has 2 saturated carbocycles. The molecule has 2 fully saturated rings. The minimum absolute atomic E-state index is 0.188. The molecular formula is C21H26N2O2. The van der Waals surface area contributed by atoms with E-state index >= 15 is 0 Å². The van der Waals surface area contributed by atoms with E-state index in [-0.39, 0.29) is 5.41 Å². The van der Waals surface area contributed by atoms with Crippen LogP contribution in [-0.4, -0.2) is 24.6 Å². The topological polar surface area (TPSA) is 41.9 Å². The van der Waals surface area contributed by atoms with Crippen LogP contribution in [0.3, 0.4) is 0 Å². The van der Waals surface area contributed by atoms with Gasteiger partial charge in [-0.3, -0.25) is 0 Å². The second-order valence-electron chi connectivity index (χ2n) is 8.36. The third kappa shape index (κ3) is 2.19. The number of hydrogen-bond acceptors (Lipinski definition) is 4. The second kappa shape index (κ2) is 5.58. The minimum Gasteiger partial charge on any atom is -0.497 e. The summed E-state index contributed by atoms with van der Waals surface area (Å²) in [4.78, 5) is 14.4. The Morgan fingerprint density at radius 2 is 2.16 bits per heavy atom. The number of nitroso groups, excluding NO2 is 1. The standard InChI is InChI=1S/C21H26N2O2/c1-25-16-8-7-15-10-19-17-4-2-3-9-21(17,18(15)11-16)20(22-24)13-23(19)12-14-5-6-14/h7-8,11,13-14,17,19H,2-6,9-10,12H2,1H3. The number of hydrogen-bond donors (Lipinski definition) is 0. The first-order valence-corrected chi connectivity index (χ1v) is 9.75. The number of fused-ring (bicyclic) bond motifs is 1. The van der Waals surface area contributed by atoms with Crippen molar-refractivity contribution in [1.82, 2.24) is 4.90 Å². The van der Waals surface area contributed by atoms with E-state index < -0.39 is 0 Å². The quantitative estimate of drug-likeness (QED) is 0.765. The average molecular weight is 338 g/mol. The predicted molar refractivity (Wildman–Crippen MR) is 97.4 cm³/mol. The highest BCUT2D eigenvalue weighted by atomic mass is 16.5. The van der Waals surface area contributed by atoms with Crippen molar-refractivity contribution in [1.29, 1.82) is 0 Å². The summed E-state index contributed by atoms with van der Waals surface area (Å²) in [6, 6.07) is 6.99. The van der Waals surface area contributed by atoms with Crippen molar-refractivity contribution >= 4 is 0 Å². The summed E-state index contributed by atoms with van der Waals surface area (Å²) in [5, 5.41) is 3.60. The summed E-state index contributed by atoms with van der Waals surface area (Å²) in [6.07, 6.45) is 10.6. The molecule has 4 nitrogen and oxygen atoms in total. The van der Waals surface area contributed by atoms with Crippen LogP contribution < -0.4 is 4.74 Å². The van der Waals surface area contributed by atoms with Crippen LogP contribution in [0.4, 0.5) is 0 Å². The van der Waals surface area contributed by atoms with E-state index in [0.29, 0.717) is 12.0 Å². The first kappa shape index (κ1) is 15.4. The van der Waals surface area contributed by atoms with E-state index in [2.05, 4.69) is 34.5 Å². The molecule has 2 bridgehead atoms. The SMILES string of the molecule is COc1ccc2c(c1)C13CCCCC1C(C2)N(CC1CC1)C=C3N=O. The molecule has 0 N–H and O–H groups in total. The van der Waals surface area contributed by atoms with Crippen LogP contribution in [0.1, 0.15) is 49.7 Å². The van der Waals surface area contributed by atoms with Crippen molar-refractivity contribution in [2.45, 2.75) is 56.4 Å². The molecule has 1 aliphatic heterocycles. The molecule has 4 aliphatic rings. The highest BCUT2D eigenvalue weighted by Crippen LogP contribution is 2.58. The Balaban J connectivity index is 1.69. The van der Waals surface area contributed by atoms with E-state index in [1.165, 1.54) is 43.2 Å². The third-order valence-corrected chi connectivity index (χ3v) is 7.10. The fraction of sp³-hybridized carbons (Fsp3) is 0.619.